The van der Waals surface area contributed by atoms with Gasteiger partial charge in [0, 0.05) is 30.7 Å². The predicted octanol–water partition coefficient (Wildman–Crippen LogP) is 3.19. The molecule has 33 heavy (non-hydrogen) atoms. The van der Waals surface area contributed by atoms with E-state index in [1.165, 1.54) is 6.07 Å². The fraction of sp³-hybridized carbons (Fsp3) is 0.261. The maximum atomic E-state index is 13.5. The highest BCUT2D eigenvalue weighted by molar-refractivity contribution is 5.98. The summed E-state index contributed by atoms with van der Waals surface area (Å²) in [4.78, 5) is 32.4. The van der Waals surface area contributed by atoms with Gasteiger partial charge in [0.05, 0.1) is 30.2 Å². The molecular weight excluding hydrogens is 423 g/mol. The fourth-order valence-corrected chi connectivity index (χ4v) is 3.53. The fourth-order valence-electron chi connectivity index (χ4n) is 3.53. The van der Waals surface area contributed by atoms with Crippen LogP contribution in [-0.2, 0) is 6.54 Å². The lowest BCUT2D eigenvalue weighted by atomic mass is 10.1. The summed E-state index contributed by atoms with van der Waals surface area (Å²) in [6.45, 7) is 6.58. The molecule has 4 heterocycles. The van der Waals surface area contributed by atoms with Gasteiger partial charge >= 0.3 is 0 Å². The van der Waals surface area contributed by atoms with E-state index in [0.29, 0.717) is 41.6 Å². The zero-order valence-electron chi connectivity index (χ0n) is 18.6. The number of likely N-dealkylation sites (N-methyl/N-ethyl adjacent to an activating group) is 1. The zero-order valence-corrected chi connectivity index (χ0v) is 18.6. The van der Waals surface area contributed by atoms with Crippen LogP contribution in [0.2, 0.25) is 0 Å². The summed E-state index contributed by atoms with van der Waals surface area (Å²) in [7, 11) is 0. The van der Waals surface area contributed by atoms with Crippen molar-refractivity contribution in [3.8, 4) is 22.8 Å². The van der Waals surface area contributed by atoms with Crippen molar-refractivity contribution in [1.82, 2.24) is 39.8 Å². The Labute approximate surface area is 190 Å². The van der Waals surface area contributed by atoms with E-state index in [2.05, 4.69) is 30.2 Å². The first-order chi connectivity index (χ1) is 16.0. The molecule has 0 N–H and O–H groups in total. The van der Waals surface area contributed by atoms with Crippen LogP contribution in [0.3, 0.4) is 0 Å². The van der Waals surface area contributed by atoms with Crippen LogP contribution in [0.5, 0.6) is 0 Å². The number of rotatable bonds is 7. The number of halogens is 1. The molecule has 168 valence electrons. The van der Waals surface area contributed by atoms with Crippen molar-refractivity contribution < 1.29 is 9.18 Å². The summed E-state index contributed by atoms with van der Waals surface area (Å²) >= 11 is 0. The highest BCUT2D eigenvalue weighted by Crippen LogP contribution is 2.22. The number of aromatic nitrogens is 7. The molecule has 0 aromatic carbocycles. The first-order valence-corrected chi connectivity index (χ1v) is 10.5. The van der Waals surface area contributed by atoms with Crippen molar-refractivity contribution in [3.05, 3.63) is 72.3 Å². The second-order valence-corrected chi connectivity index (χ2v) is 7.55. The molecule has 4 rings (SSSR count). The summed E-state index contributed by atoms with van der Waals surface area (Å²) < 4.78 is 14.8. The Morgan fingerprint density at radius 1 is 1.12 bits per heavy atom. The van der Waals surface area contributed by atoms with Gasteiger partial charge in [0.2, 0.25) is 0 Å². The quantitative estimate of drug-likeness (QED) is 0.429. The summed E-state index contributed by atoms with van der Waals surface area (Å²) in [5, 5.41) is 8.26. The SMILES string of the molecule is CCN(C(=O)c1nc(C)ccc1-c1ncccn1)[C@@H](C)Cn1cc(-c2ccc(F)cn2)nn1. The number of aryl methyl sites for hydroxylation is 1. The lowest BCUT2D eigenvalue weighted by Gasteiger charge is -2.28. The van der Waals surface area contributed by atoms with Crippen molar-refractivity contribution >= 4 is 5.91 Å². The van der Waals surface area contributed by atoms with E-state index < -0.39 is 5.82 Å². The van der Waals surface area contributed by atoms with Crippen LogP contribution >= 0.6 is 0 Å². The van der Waals surface area contributed by atoms with Crippen molar-refractivity contribution in [2.45, 2.75) is 33.4 Å². The van der Waals surface area contributed by atoms with Crippen molar-refractivity contribution in [1.29, 1.82) is 0 Å². The summed E-state index contributed by atoms with van der Waals surface area (Å²) in [6.07, 6.45) is 6.13. The normalized spacial score (nSPS) is 11.9. The molecule has 0 spiro atoms. The first kappa shape index (κ1) is 22.1. The Kier molecular flexibility index (Phi) is 6.43. The maximum Gasteiger partial charge on any atom is 0.273 e. The number of pyridine rings is 2. The van der Waals surface area contributed by atoms with E-state index in [1.54, 1.807) is 40.3 Å². The minimum atomic E-state index is -0.415. The second kappa shape index (κ2) is 9.60. The molecule has 0 saturated heterocycles. The monoisotopic (exact) mass is 446 g/mol. The standard InChI is InChI=1S/C23H23FN8O/c1-4-32(16(3)13-31-14-20(29-30-31)19-9-7-17(24)12-27-19)23(33)21-18(8-6-15(2)28-21)22-25-10-5-11-26-22/h5-12,14,16H,4,13H2,1-3H3/t16-/m0/s1. The average molecular weight is 446 g/mol. The number of amides is 1. The molecular formula is C23H23FN8O. The highest BCUT2D eigenvalue weighted by atomic mass is 19.1. The Morgan fingerprint density at radius 2 is 1.91 bits per heavy atom. The van der Waals surface area contributed by atoms with Crippen LogP contribution < -0.4 is 0 Å². The van der Waals surface area contributed by atoms with Gasteiger partial charge in [-0.2, -0.15) is 0 Å². The van der Waals surface area contributed by atoms with Crippen LogP contribution in [0.4, 0.5) is 4.39 Å². The number of nitrogens with zero attached hydrogens (tertiary/aromatic N) is 8. The highest BCUT2D eigenvalue weighted by Gasteiger charge is 2.25. The molecule has 0 bridgehead atoms. The van der Waals surface area contributed by atoms with Crippen LogP contribution in [-0.4, -0.2) is 58.3 Å². The van der Waals surface area contributed by atoms with E-state index in [4.69, 9.17) is 0 Å². The Bertz CT molecular complexity index is 1240. The van der Waals surface area contributed by atoms with Gasteiger partial charge in [-0.15, -0.1) is 5.10 Å². The van der Waals surface area contributed by atoms with E-state index in [-0.39, 0.29) is 11.9 Å². The lowest BCUT2D eigenvalue weighted by Crippen LogP contribution is -2.41. The molecule has 1 amide bonds. The molecule has 0 radical (unpaired) electrons. The van der Waals surface area contributed by atoms with E-state index >= 15 is 0 Å². The molecule has 10 heteroatoms. The molecule has 0 aliphatic heterocycles. The van der Waals surface area contributed by atoms with Gasteiger partial charge in [0.15, 0.2) is 5.82 Å². The molecule has 4 aromatic rings. The van der Waals surface area contributed by atoms with Gasteiger partial charge in [0.1, 0.15) is 17.2 Å². The Balaban J connectivity index is 1.56. The molecule has 9 nitrogen and oxygen atoms in total. The number of carbonyl (C=O) groups excluding carboxylic acids is 1. The third-order valence-electron chi connectivity index (χ3n) is 5.16. The molecule has 0 aliphatic carbocycles. The van der Waals surface area contributed by atoms with Crippen LogP contribution in [0, 0.1) is 12.7 Å². The van der Waals surface area contributed by atoms with Gasteiger partial charge in [-0.25, -0.2) is 24.0 Å². The Morgan fingerprint density at radius 3 is 2.61 bits per heavy atom. The number of hydrogen-bond acceptors (Lipinski definition) is 7. The minimum absolute atomic E-state index is 0.204. The molecule has 0 unspecified atom stereocenters. The third-order valence-corrected chi connectivity index (χ3v) is 5.16. The first-order valence-electron chi connectivity index (χ1n) is 10.5. The van der Waals surface area contributed by atoms with Crippen LogP contribution in [0.1, 0.15) is 30.0 Å². The maximum absolute atomic E-state index is 13.5. The smallest absolute Gasteiger partial charge is 0.273 e. The van der Waals surface area contributed by atoms with Crippen molar-refractivity contribution in [2.75, 3.05) is 6.54 Å². The second-order valence-electron chi connectivity index (χ2n) is 7.55. The van der Waals surface area contributed by atoms with Gasteiger partial charge in [-0.05, 0) is 51.1 Å². The van der Waals surface area contributed by atoms with Crippen molar-refractivity contribution in [3.63, 3.8) is 0 Å². The summed E-state index contributed by atoms with van der Waals surface area (Å²) in [5.74, 6) is -0.177. The van der Waals surface area contributed by atoms with Gasteiger partial charge < -0.3 is 4.90 Å². The van der Waals surface area contributed by atoms with Crippen LogP contribution in [0.25, 0.3) is 22.8 Å². The largest absolute Gasteiger partial charge is 0.333 e. The minimum Gasteiger partial charge on any atom is -0.333 e. The van der Waals surface area contributed by atoms with Gasteiger partial charge in [-0.3, -0.25) is 9.78 Å². The summed E-state index contributed by atoms with van der Waals surface area (Å²) in [5.41, 5.74) is 2.68. The summed E-state index contributed by atoms with van der Waals surface area (Å²) in [6, 6.07) is 8.05. The predicted molar refractivity (Wildman–Crippen MR) is 119 cm³/mol. The topological polar surface area (TPSA) is 103 Å². The van der Waals surface area contributed by atoms with E-state index in [1.807, 2.05) is 32.9 Å². The average Bonchev–Trinajstić information content (AvgIpc) is 3.28. The van der Waals surface area contributed by atoms with E-state index in [9.17, 15) is 9.18 Å². The van der Waals surface area contributed by atoms with E-state index in [0.717, 1.165) is 11.9 Å². The number of hydrogen-bond donors (Lipinski definition) is 0. The Hall–Kier alpha value is -4.08. The third kappa shape index (κ3) is 4.89. The molecule has 0 saturated carbocycles. The zero-order chi connectivity index (χ0) is 23.4. The molecule has 0 fully saturated rings. The number of carbonyl (C=O) groups is 1. The van der Waals surface area contributed by atoms with Crippen LogP contribution in [0.15, 0.2) is 55.1 Å². The van der Waals surface area contributed by atoms with Crippen molar-refractivity contribution in [2.24, 2.45) is 0 Å². The molecule has 1 atom stereocenters. The lowest BCUT2D eigenvalue weighted by molar-refractivity contribution is 0.0679. The van der Waals surface area contributed by atoms with Gasteiger partial charge in [0.25, 0.3) is 5.91 Å². The van der Waals surface area contributed by atoms with Gasteiger partial charge in [-0.1, -0.05) is 5.21 Å². The molecule has 4 aromatic heterocycles. The molecule has 0 aliphatic rings.